The minimum absolute atomic E-state index is 0.0126. The van der Waals surface area contributed by atoms with Crippen molar-refractivity contribution >= 4 is 111 Å². The van der Waals surface area contributed by atoms with Crippen LogP contribution in [-0.4, -0.2) is 11.3 Å². The predicted molar refractivity (Wildman–Crippen MR) is 307 cm³/mol. The van der Waals surface area contributed by atoms with Crippen LogP contribution in [0.15, 0.2) is 152 Å². The summed E-state index contributed by atoms with van der Waals surface area (Å²) in [5.41, 5.74) is 20.3. The first kappa shape index (κ1) is 44.6. The second-order valence-corrected chi connectivity index (χ2v) is 25.5. The van der Waals surface area contributed by atoms with Gasteiger partial charge in [0, 0.05) is 65.3 Å². The molecule has 70 heavy (non-hydrogen) atoms. The second kappa shape index (κ2) is 15.2. The Labute approximate surface area is 419 Å². The summed E-state index contributed by atoms with van der Waals surface area (Å²) in [4.78, 5) is 5.23. The zero-order chi connectivity index (χ0) is 49.0. The van der Waals surface area contributed by atoms with Crippen LogP contribution in [0, 0.1) is 6.92 Å². The van der Waals surface area contributed by atoms with Crippen molar-refractivity contribution in [2.24, 2.45) is 0 Å². The highest BCUT2D eigenvalue weighted by molar-refractivity contribution is 7.27. The summed E-state index contributed by atoms with van der Waals surface area (Å²) in [7, 11) is 0. The molecule has 3 nitrogen and oxygen atoms in total. The predicted octanol–water partition coefficient (Wildman–Crippen LogP) is 16.7. The van der Waals surface area contributed by atoms with Crippen molar-refractivity contribution in [2.75, 3.05) is 9.80 Å². The van der Waals surface area contributed by atoms with Gasteiger partial charge in [0.15, 0.2) is 0 Å². The van der Waals surface area contributed by atoms with E-state index in [1.165, 1.54) is 126 Å². The molecule has 2 aliphatic rings. The molecule has 0 saturated heterocycles. The Balaban J connectivity index is 1.26. The number of aromatic nitrogens is 1. The number of fused-ring (bicyclic) bond motifs is 11. The third-order valence-electron chi connectivity index (χ3n) is 15.4. The van der Waals surface area contributed by atoms with Crippen LogP contribution < -0.4 is 26.3 Å². The molecule has 0 unspecified atom stereocenters. The maximum absolute atomic E-state index is 2.66. The van der Waals surface area contributed by atoms with Gasteiger partial charge in [-0.15, -0.1) is 11.3 Å². The highest BCUT2D eigenvalue weighted by atomic mass is 32.1. The Kier molecular flexibility index (Phi) is 9.71. The average Bonchev–Trinajstić information content (AvgIpc) is 3.85. The zero-order valence-electron chi connectivity index (χ0n) is 43.3. The number of thiophene rings is 1. The number of hydrogen-bond acceptors (Lipinski definition) is 3. The molecule has 0 aliphatic carbocycles. The lowest BCUT2D eigenvalue weighted by Gasteiger charge is -2.44. The fraction of sp³-hybridized carbons (Fsp3) is 0.262. The minimum atomic E-state index is -0.0881. The van der Waals surface area contributed by atoms with E-state index in [2.05, 4.69) is 256 Å². The molecule has 2 aliphatic heterocycles. The maximum atomic E-state index is 2.66. The van der Waals surface area contributed by atoms with Crippen LogP contribution in [0.5, 0.6) is 0 Å². The van der Waals surface area contributed by atoms with Gasteiger partial charge in [-0.25, -0.2) is 0 Å². The van der Waals surface area contributed by atoms with Gasteiger partial charge in [-0.2, -0.15) is 0 Å². The molecule has 0 amide bonds. The molecule has 0 bridgehead atoms. The van der Waals surface area contributed by atoms with Crippen LogP contribution in [0.1, 0.15) is 111 Å². The average molecular weight is 930 g/mol. The van der Waals surface area contributed by atoms with Crippen molar-refractivity contribution in [3.8, 4) is 5.69 Å². The molecule has 8 aromatic carbocycles. The fourth-order valence-electron chi connectivity index (χ4n) is 11.5. The van der Waals surface area contributed by atoms with Gasteiger partial charge in [0.25, 0.3) is 6.71 Å². The summed E-state index contributed by atoms with van der Waals surface area (Å²) in [6.07, 6.45) is 0. The summed E-state index contributed by atoms with van der Waals surface area (Å²) in [6.45, 7) is 30.1. The van der Waals surface area contributed by atoms with E-state index in [0.717, 1.165) is 0 Å². The summed E-state index contributed by atoms with van der Waals surface area (Å²) in [6, 6.07) is 59.2. The Morgan fingerprint density at radius 2 is 0.943 bits per heavy atom. The maximum Gasteiger partial charge on any atom is 0.273 e. The van der Waals surface area contributed by atoms with E-state index in [1.807, 2.05) is 11.3 Å². The third-order valence-corrected chi connectivity index (χ3v) is 16.6. The molecule has 348 valence electrons. The Bertz CT molecular complexity index is 3750. The van der Waals surface area contributed by atoms with Crippen LogP contribution in [0.4, 0.5) is 34.1 Å². The van der Waals surface area contributed by atoms with E-state index in [-0.39, 0.29) is 28.4 Å². The molecule has 0 fully saturated rings. The largest absolute Gasteiger partial charge is 0.319 e. The highest BCUT2D eigenvalue weighted by Gasteiger charge is 2.47. The van der Waals surface area contributed by atoms with Crippen molar-refractivity contribution in [3.63, 3.8) is 0 Å². The molecular formula is C65H64BN3S. The topological polar surface area (TPSA) is 11.4 Å². The van der Waals surface area contributed by atoms with E-state index >= 15 is 0 Å². The summed E-state index contributed by atoms with van der Waals surface area (Å²) in [5, 5.41) is 6.48. The lowest BCUT2D eigenvalue weighted by atomic mass is 9.34. The lowest BCUT2D eigenvalue weighted by molar-refractivity contribution is 0.590. The van der Waals surface area contributed by atoms with Crippen molar-refractivity contribution in [1.82, 2.24) is 4.57 Å². The summed E-state index contributed by atoms with van der Waals surface area (Å²) < 4.78 is 5.31. The smallest absolute Gasteiger partial charge is 0.273 e. The first-order valence-electron chi connectivity index (χ1n) is 25.3. The minimum Gasteiger partial charge on any atom is -0.319 e. The van der Waals surface area contributed by atoms with Gasteiger partial charge in [-0.3, -0.25) is 0 Å². The number of rotatable bonds is 3. The van der Waals surface area contributed by atoms with Crippen LogP contribution in [-0.2, 0) is 21.7 Å². The Morgan fingerprint density at radius 3 is 1.50 bits per heavy atom. The molecule has 0 radical (unpaired) electrons. The van der Waals surface area contributed by atoms with Crippen molar-refractivity contribution in [2.45, 2.75) is 112 Å². The van der Waals surface area contributed by atoms with Gasteiger partial charge in [0.05, 0.1) is 11.2 Å². The van der Waals surface area contributed by atoms with E-state index in [0.29, 0.717) is 0 Å². The number of benzene rings is 8. The molecule has 0 N–H and O–H groups in total. The fourth-order valence-corrected chi connectivity index (χ4v) is 12.8. The van der Waals surface area contributed by atoms with Gasteiger partial charge in [-0.1, -0.05) is 162 Å². The lowest BCUT2D eigenvalue weighted by Crippen LogP contribution is -2.63. The quantitative estimate of drug-likeness (QED) is 0.164. The summed E-state index contributed by atoms with van der Waals surface area (Å²) >= 11 is 1.95. The monoisotopic (exact) mass is 929 g/mol. The van der Waals surface area contributed by atoms with Crippen molar-refractivity contribution in [1.29, 1.82) is 0 Å². The van der Waals surface area contributed by atoms with Crippen molar-refractivity contribution in [3.05, 3.63) is 179 Å². The molecule has 0 saturated carbocycles. The highest BCUT2D eigenvalue weighted by Crippen LogP contribution is 2.52. The SMILES string of the molecule is Cc1cc2c3c(c1)N(c1ccc(C(C)(C)C)cc1)c1c(n(-c4ccc(C(C)(C)C)cc4)c4ccc5c6cc7ccccc7cc6sc5c14)B3c1cc(C(C)(C)C)ccc1N2c1ccc(C(C)(C)C)cc1. The van der Waals surface area contributed by atoms with E-state index in [1.54, 1.807) is 0 Å². The molecule has 2 aromatic heterocycles. The van der Waals surface area contributed by atoms with E-state index < -0.39 is 0 Å². The van der Waals surface area contributed by atoms with Crippen LogP contribution in [0.3, 0.4) is 0 Å². The van der Waals surface area contributed by atoms with Gasteiger partial charge < -0.3 is 14.4 Å². The second-order valence-electron chi connectivity index (χ2n) is 24.4. The Hall–Kier alpha value is -6.56. The molecule has 10 aromatic rings. The zero-order valence-corrected chi connectivity index (χ0v) is 44.1. The number of nitrogens with zero attached hydrogens (tertiary/aromatic N) is 3. The van der Waals surface area contributed by atoms with Gasteiger partial charge >= 0.3 is 0 Å². The molecule has 0 atom stereocenters. The summed E-state index contributed by atoms with van der Waals surface area (Å²) in [5.74, 6) is 0. The normalized spacial score (nSPS) is 14.0. The first-order valence-corrected chi connectivity index (χ1v) is 26.1. The third kappa shape index (κ3) is 6.89. The van der Waals surface area contributed by atoms with E-state index in [9.17, 15) is 0 Å². The van der Waals surface area contributed by atoms with Gasteiger partial charge in [-0.05, 0) is 151 Å². The number of hydrogen-bond donors (Lipinski definition) is 0. The number of anilines is 6. The van der Waals surface area contributed by atoms with E-state index in [4.69, 9.17) is 0 Å². The van der Waals surface area contributed by atoms with Crippen LogP contribution >= 0.6 is 11.3 Å². The molecule has 12 rings (SSSR count). The molecule has 4 heterocycles. The Morgan fingerprint density at radius 1 is 0.443 bits per heavy atom. The van der Waals surface area contributed by atoms with Gasteiger partial charge in [0.2, 0.25) is 0 Å². The molecular weight excluding hydrogens is 866 g/mol. The van der Waals surface area contributed by atoms with Crippen LogP contribution in [0.25, 0.3) is 47.5 Å². The molecule has 5 heteroatoms. The molecule has 0 spiro atoms. The number of aryl methyl sites for hydroxylation is 1. The standard InChI is InChI=1S/C65H64BN3S/c1-39-34-54-58-55(35-39)68(47-27-20-43(21-28-47)63(5,6)7)59-57-53(33-31-49-50-36-40-16-14-15-17-41(40)37-56(50)70-60(49)57)69(48-29-22-44(23-30-48)64(8,9)10)61(59)66(58)51-38-45(65(11,12)13)24-32-52(51)67(54)46-25-18-42(19-26-46)62(2,3)4/h14-38H,1-13H3. The van der Waals surface area contributed by atoms with Crippen molar-refractivity contribution < 1.29 is 0 Å². The van der Waals surface area contributed by atoms with Gasteiger partial charge in [0.1, 0.15) is 0 Å². The van der Waals surface area contributed by atoms with Crippen LogP contribution in [0.2, 0.25) is 0 Å². The first-order chi connectivity index (χ1) is 33.1.